The maximum atomic E-state index is 5.37. The summed E-state index contributed by atoms with van der Waals surface area (Å²) in [6.45, 7) is 0. The lowest BCUT2D eigenvalue weighted by atomic mass is 9.67. The van der Waals surface area contributed by atoms with Gasteiger partial charge >= 0.3 is 0 Å². The fourth-order valence-corrected chi connectivity index (χ4v) is 9.70. The number of hydrogen-bond acceptors (Lipinski definition) is 5. The topological polar surface area (TPSA) is 64.5 Å². The van der Waals surface area contributed by atoms with Crippen LogP contribution in [0.25, 0.3) is 90.3 Å². The van der Waals surface area contributed by atoms with Crippen molar-refractivity contribution < 1.29 is 0 Å². The van der Waals surface area contributed by atoms with Crippen LogP contribution in [0.4, 0.5) is 0 Å². The minimum Gasteiger partial charge on any atom is -0.228 e. The van der Waals surface area contributed by atoms with Gasteiger partial charge in [-0.25, -0.2) is 24.9 Å². The van der Waals surface area contributed by atoms with Gasteiger partial charge in [0.2, 0.25) is 0 Å². The van der Waals surface area contributed by atoms with Gasteiger partial charge in [-0.3, -0.25) is 0 Å². The van der Waals surface area contributed by atoms with Crippen LogP contribution in [0.15, 0.2) is 249 Å². The van der Waals surface area contributed by atoms with Gasteiger partial charge in [-0.2, -0.15) is 0 Å². The number of hydrogen-bond donors (Lipinski definition) is 0. The van der Waals surface area contributed by atoms with E-state index >= 15 is 0 Å². The molecule has 0 spiro atoms. The summed E-state index contributed by atoms with van der Waals surface area (Å²) < 4.78 is 0. The van der Waals surface area contributed by atoms with Gasteiger partial charge in [-0.05, 0) is 68.8 Å². The molecule has 2 heterocycles. The fourth-order valence-electron chi connectivity index (χ4n) is 9.70. The van der Waals surface area contributed by atoms with Crippen LogP contribution in [0.2, 0.25) is 0 Å². The zero-order chi connectivity index (χ0) is 44.6. The molecule has 9 aromatic carbocycles. The SMILES string of the molecule is c1ccc(-c2cc(-c3cccc(-c4cccc(-c5nc(-c6ccccc6)nc(-c6ccccc6)n5)c4)c3)nc(-c3ccc4c(c3)-c3ccccc3C4(c3ccccc3)c3ccccc3)n2)cc1. The Kier molecular flexibility index (Phi) is 9.99. The first-order chi connectivity index (χ1) is 33.2. The van der Waals surface area contributed by atoms with Gasteiger partial charge < -0.3 is 0 Å². The van der Waals surface area contributed by atoms with Gasteiger partial charge in [-0.1, -0.05) is 224 Å². The average Bonchev–Trinajstić information content (AvgIpc) is 3.72. The fraction of sp³-hybridized carbons (Fsp3) is 0.0161. The Hall–Kier alpha value is -8.93. The molecule has 1 aliphatic rings. The second-order valence-electron chi connectivity index (χ2n) is 16.8. The van der Waals surface area contributed by atoms with Crippen molar-refractivity contribution in [3.8, 4) is 90.3 Å². The van der Waals surface area contributed by atoms with Crippen molar-refractivity contribution >= 4 is 0 Å². The van der Waals surface area contributed by atoms with Crippen LogP contribution in [-0.4, -0.2) is 24.9 Å². The second-order valence-corrected chi connectivity index (χ2v) is 16.8. The maximum Gasteiger partial charge on any atom is 0.164 e. The molecule has 0 N–H and O–H groups in total. The van der Waals surface area contributed by atoms with Crippen molar-refractivity contribution in [1.82, 2.24) is 24.9 Å². The molecule has 0 radical (unpaired) electrons. The predicted octanol–water partition coefficient (Wildman–Crippen LogP) is 14.7. The van der Waals surface area contributed by atoms with Gasteiger partial charge in [0.15, 0.2) is 23.3 Å². The van der Waals surface area contributed by atoms with E-state index in [1.165, 1.54) is 33.4 Å². The molecule has 0 fully saturated rings. The van der Waals surface area contributed by atoms with Gasteiger partial charge in [0, 0.05) is 33.4 Å². The Balaban J connectivity index is 0.967. The molecule has 314 valence electrons. The van der Waals surface area contributed by atoms with Crippen LogP contribution in [0.3, 0.4) is 0 Å². The molecule has 0 saturated heterocycles. The summed E-state index contributed by atoms with van der Waals surface area (Å²) in [5.41, 5.74) is 16.4. The first-order valence-corrected chi connectivity index (χ1v) is 22.6. The van der Waals surface area contributed by atoms with Gasteiger partial charge in [0.1, 0.15) is 0 Å². The number of rotatable bonds is 9. The highest BCUT2D eigenvalue weighted by Gasteiger charge is 2.46. The van der Waals surface area contributed by atoms with Crippen molar-refractivity contribution in [3.63, 3.8) is 0 Å². The minimum atomic E-state index is -0.486. The van der Waals surface area contributed by atoms with Crippen LogP contribution in [0, 0.1) is 0 Å². The third-order valence-corrected chi connectivity index (χ3v) is 12.8. The third-order valence-electron chi connectivity index (χ3n) is 12.8. The van der Waals surface area contributed by atoms with E-state index in [1.54, 1.807) is 0 Å². The van der Waals surface area contributed by atoms with Crippen LogP contribution in [0.1, 0.15) is 22.3 Å². The maximum absolute atomic E-state index is 5.37. The smallest absolute Gasteiger partial charge is 0.164 e. The van der Waals surface area contributed by atoms with Gasteiger partial charge in [0.05, 0.1) is 16.8 Å². The molecule has 5 heteroatoms. The first kappa shape index (κ1) is 39.6. The molecular weight excluding hydrogens is 815 g/mol. The highest BCUT2D eigenvalue weighted by atomic mass is 15.0. The molecule has 0 atom stereocenters. The van der Waals surface area contributed by atoms with Crippen molar-refractivity contribution in [2.45, 2.75) is 5.41 Å². The van der Waals surface area contributed by atoms with E-state index < -0.39 is 5.41 Å². The largest absolute Gasteiger partial charge is 0.228 e. The van der Waals surface area contributed by atoms with E-state index in [1.807, 2.05) is 66.7 Å². The normalized spacial score (nSPS) is 12.3. The third kappa shape index (κ3) is 7.20. The quantitative estimate of drug-likeness (QED) is 0.145. The molecule has 2 aromatic heterocycles. The molecule has 11 aromatic rings. The lowest BCUT2D eigenvalue weighted by molar-refractivity contribution is 0.768. The number of aromatic nitrogens is 5. The molecule has 0 unspecified atom stereocenters. The summed E-state index contributed by atoms with van der Waals surface area (Å²) in [5, 5.41) is 0. The number of nitrogens with zero attached hydrogens (tertiary/aromatic N) is 5. The van der Waals surface area contributed by atoms with Gasteiger partial charge in [-0.15, -0.1) is 0 Å². The minimum absolute atomic E-state index is 0.486. The van der Waals surface area contributed by atoms with Crippen molar-refractivity contribution in [2.75, 3.05) is 0 Å². The Morgan fingerprint density at radius 3 is 1.19 bits per heavy atom. The molecule has 12 rings (SSSR count). The standard InChI is InChI=1S/C62H41N5/c1-6-20-42(21-7-1)56-41-57(64-60(63-56)49-36-37-55-53(40-49)52-34-16-17-35-54(52)62(55,50-30-12-4-13-31-50)51-32-14-5-15-33-51)47-28-18-26-45(38-47)46-27-19-29-48(39-46)61-66-58(43-22-8-2-9-23-43)65-59(67-61)44-24-10-3-11-25-44/h1-41H. The summed E-state index contributed by atoms with van der Waals surface area (Å²) in [4.78, 5) is 25.6. The predicted molar refractivity (Wildman–Crippen MR) is 271 cm³/mol. The van der Waals surface area contributed by atoms with E-state index in [9.17, 15) is 0 Å². The van der Waals surface area contributed by atoms with Gasteiger partial charge in [0.25, 0.3) is 0 Å². The Bertz CT molecular complexity index is 3460. The van der Waals surface area contributed by atoms with E-state index in [0.717, 1.165) is 55.9 Å². The molecule has 0 saturated carbocycles. The molecule has 5 nitrogen and oxygen atoms in total. The lowest BCUT2D eigenvalue weighted by Crippen LogP contribution is -2.28. The van der Waals surface area contributed by atoms with Crippen molar-refractivity contribution in [3.05, 3.63) is 271 Å². The zero-order valence-electron chi connectivity index (χ0n) is 36.4. The Labute approximate surface area is 389 Å². The van der Waals surface area contributed by atoms with Crippen LogP contribution in [-0.2, 0) is 5.41 Å². The molecule has 1 aliphatic carbocycles. The lowest BCUT2D eigenvalue weighted by Gasteiger charge is -2.33. The molecular formula is C62H41N5. The van der Waals surface area contributed by atoms with Crippen molar-refractivity contribution in [1.29, 1.82) is 0 Å². The van der Waals surface area contributed by atoms with E-state index in [4.69, 9.17) is 24.9 Å². The Morgan fingerprint density at radius 2 is 0.612 bits per heavy atom. The van der Waals surface area contributed by atoms with E-state index in [0.29, 0.717) is 23.3 Å². The van der Waals surface area contributed by atoms with Crippen LogP contribution in [0.5, 0.6) is 0 Å². The highest BCUT2D eigenvalue weighted by Crippen LogP contribution is 2.56. The molecule has 67 heavy (non-hydrogen) atoms. The van der Waals surface area contributed by atoms with Crippen molar-refractivity contribution in [2.24, 2.45) is 0 Å². The zero-order valence-corrected chi connectivity index (χ0v) is 36.4. The monoisotopic (exact) mass is 855 g/mol. The summed E-state index contributed by atoms with van der Waals surface area (Å²) >= 11 is 0. The van der Waals surface area contributed by atoms with E-state index in [2.05, 4.69) is 182 Å². The Morgan fingerprint density at radius 1 is 0.224 bits per heavy atom. The summed E-state index contributed by atoms with van der Waals surface area (Å²) in [7, 11) is 0. The summed E-state index contributed by atoms with van der Waals surface area (Å²) in [6.07, 6.45) is 0. The van der Waals surface area contributed by atoms with Crippen LogP contribution >= 0.6 is 0 Å². The van der Waals surface area contributed by atoms with E-state index in [-0.39, 0.29) is 0 Å². The molecule has 0 bridgehead atoms. The molecule has 0 aliphatic heterocycles. The summed E-state index contributed by atoms with van der Waals surface area (Å²) in [5.74, 6) is 2.54. The van der Waals surface area contributed by atoms with Crippen LogP contribution < -0.4 is 0 Å². The first-order valence-electron chi connectivity index (χ1n) is 22.6. The number of fused-ring (bicyclic) bond motifs is 3. The highest BCUT2D eigenvalue weighted by molar-refractivity contribution is 5.89. The average molecular weight is 856 g/mol. The second kappa shape index (κ2) is 16.9. The molecule has 0 amide bonds. The number of benzene rings is 9. The summed E-state index contributed by atoms with van der Waals surface area (Å²) in [6, 6.07) is 87.1.